The maximum atomic E-state index is 6.11. The lowest BCUT2D eigenvalue weighted by molar-refractivity contribution is 0.372. The SMILES string of the molecule is CN(C)[SiH](C)O[Si](C)(C)O[Si](C)(C)C. The molecule has 0 bridgehead atoms. The summed E-state index contributed by atoms with van der Waals surface area (Å²) in [6.45, 7) is 13.1. The minimum absolute atomic E-state index is 1.20. The summed E-state index contributed by atoms with van der Waals surface area (Å²) in [5.41, 5.74) is 0. The van der Waals surface area contributed by atoms with Crippen LogP contribution < -0.4 is 0 Å². The highest BCUT2D eigenvalue weighted by Crippen LogP contribution is 2.16. The lowest BCUT2D eigenvalue weighted by Gasteiger charge is -2.34. The van der Waals surface area contributed by atoms with Gasteiger partial charge in [-0.15, -0.1) is 0 Å². The normalized spacial score (nSPS) is 16.1. The largest absolute Gasteiger partial charge is 0.437 e. The maximum Gasteiger partial charge on any atom is 0.311 e. The van der Waals surface area contributed by atoms with Crippen molar-refractivity contribution < 1.29 is 8.23 Å². The predicted molar refractivity (Wildman–Crippen MR) is 69.7 cm³/mol. The molecule has 14 heavy (non-hydrogen) atoms. The van der Waals surface area contributed by atoms with Crippen LogP contribution in [0.25, 0.3) is 0 Å². The van der Waals surface area contributed by atoms with Gasteiger partial charge in [-0.3, -0.25) is 0 Å². The molecule has 0 rings (SSSR count). The summed E-state index contributed by atoms with van der Waals surface area (Å²) >= 11 is 0. The Kier molecular flexibility index (Phi) is 5.23. The average molecular weight is 252 g/mol. The van der Waals surface area contributed by atoms with Crippen LogP contribution in [0.15, 0.2) is 0 Å². The fraction of sp³-hybridized carbons (Fsp3) is 1.00. The van der Waals surface area contributed by atoms with E-state index in [-0.39, 0.29) is 0 Å². The van der Waals surface area contributed by atoms with Gasteiger partial charge in [0.05, 0.1) is 0 Å². The monoisotopic (exact) mass is 251 g/mol. The summed E-state index contributed by atoms with van der Waals surface area (Å²) in [6.07, 6.45) is 0. The van der Waals surface area contributed by atoms with E-state index in [1.807, 2.05) is 0 Å². The summed E-state index contributed by atoms with van der Waals surface area (Å²) in [6, 6.07) is 0. The molecule has 0 saturated heterocycles. The molecule has 0 fully saturated rings. The highest BCUT2D eigenvalue weighted by molar-refractivity contribution is 6.83. The lowest BCUT2D eigenvalue weighted by atomic mass is 11.3. The van der Waals surface area contributed by atoms with Crippen molar-refractivity contribution in [2.75, 3.05) is 14.1 Å². The molecule has 3 nitrogen and oxygen atoms in total. The Morgan fingerprint density at radius 2 is 1.43 bits per heavy atom. The molecule has 0 radical (unpaired) electrons. The molecular formula is C8H25NO2Si3. The van der Waals surface area contributed by atoms with Crippen LogP contribution in [0.2, 0.25) is 39.3 Å². The Morgan fingerprint density at radius 3 is 1.71 bits per heavy atom. The minimum atomic E-state index is -1.88. The van der Waals surface area contributed by atoms with Crippen LogP contribution in [0.4, 0.5) is 0 Å². The molecule has 6 heteroatoms. The number of nitrogens with zero attached hydrogens (tertiary/aromatic N) is 1. The van der Waals surface area contributed by atoms with E-state index in [1.54, 1.807) is 0 Å². The molecule has 0 aliphatic carbocycles. The van der Waals surface area contributed by atoms with Crippen LogP contribution in [-0.2, 0) is 8.23 Å². The van der Waals surface area contributed by atoms with Gasteiger partial charge in [0, 0.05) is 0 Å². The first-order valence-electron chi connectivity index (χ1n) is 5.08. The topological polar surface area (TPSA) is 21.7 Å². The molecule has 0 spiro atoms. The summed E-state index contributed by atoms with van der Waals surface area (Å²) < 4.78 is 14.4. The van der Waals surface area contributed by atoms with Crippen molar-refractivity contribution in [1.82, 2.24) is 4.57 Å². The van der Waals surface area contributed by atoms with Gasteiger partial charge in [0.1, 0.15) is 0 Å². The number of rotatable bonds is 5. The Balaban J connectivity index is 4.20. The third kappa shape index (κ3) is 6.91. The quantitative estimate of drug-likeness (QED) is 0.698. The molecule has 0 heterocycles. The van der Waals surface area contributed by atoms with Crippen LogP contribution in [0.3, 0.4) is 0 Å². The lowest BCUT2D eigenvalue weighted by Crippen LogP contribution is -2.50. The predicted octanol–water partition coefficient (Wildman–Crippen LogP) is 1.97. The molecule has 0 aliphatic rings. The van der Waals surface area contributed by atoms with Gasteiger partial charge < -0.3 is 12.8 Å². The number of hydrogen-bond donors (Lipinski definition) is 0. The Morgan fingerprint density at radius 1 is 1.00 bits per heavy atom. The van der Waals surface area contributed by atoms with Gasteiger partial charge in [0.15, 0.2) is 8.32 Å². The highest BCUT2D eigenvalue weighted by Gasteiger charge is 2.33. The Hall–Kier alpha value is 0.531. The minimum Gasteiger partial charge on any atom is -0.437 e. The molecule has 0 amide bonds. The van der Waals surface area contributed by atoms with Crippen molar-refractivity contribution in [3.05, 3.63) is 0 Å². The van der Waals surface area contributed by atoms with E-state index in [0.717, 1.165) is 0 Å². The van der Waals surface area contributed by atoms with Crippen molar-refractivity contribution in [2.24, 2.45) is 0 Å². The standard InChI is InChI=1S/C8H25NO2Si3/c1-9(2)12(3)10-14(7,8)11-13(4,5)6/h12H,1-8H3. The third-order valence-corrected chi connectivity index (χ3v) is 11.2. The maximum absolute atomic E-state index is 6.11. The van der Waals surface area contributed by atoms with Crippen molar-refractivity contribution >= 4 is 26.1 Å². The molecule has 0 aromatic carbocycles. The van der Waals surface area contributed by atoms with Crippen LogP contribution in [0.5, 0.6) is 0 Å². The van der Waals surface area contributed by atoms with Crippen molar-refractivity contribution in [2.45, 2.75) is 39.3 Å². The molecule has 0 aliphatic heterocycles. The Labute approximate surface area is 92.6 Å². The second kappa shape index (κ2) is 5.04. The zero-order valence-electron chi connectivity index (χ0n) is 10.8. The van der Waals surface area contributed by atoms with E-state index in [9.17, 15) is 0 Å². The Bertz CT molecular complexity index is 180. The summed E-state index contributed by atoms with van der Waals surface area (Å²) in [7, 11) is -0.376. The van der Waals surface area contributed by atoms with Gasteiger partial charge in [0.2, 0.25) is 9.20 Å². The molecular weight excluding hydrogens is 226 g/mol. The van der Waals surface area contributed by atoms with E-state index in [0.29, 0.717) is 0 Å². The van der Waals surface area contributed by atoms with Gasteiger partial charge in [-0.2, -0.15) is 0 Å². The van der Waals surface area contributed by atoms with Crippen molar-refractivity contribution in [3.63, 3.8) is 0 Å². The second-order valence-electron chi connectivity index (χ2n) is 5.30. The summed E-state index contributed by atoms with van der Waals surface area (Å²) in [5.74, 6) is 0. The first kappa shape index (κ1) is 14.5. The van der Waals surface area contributed by atoms with E-state index in [2.05, 4.69) is 57.9 Å². The zero-order chi connectivity index (χ0) is 11.6. The molecule has 0 N–H and O–H groups in total. The highest BCUT2D eigenvalue weighted by atomic mass is 28.5. The molecule has 0 aromatic heterocycles. The smallest absolute Gasteiger partial charge is 0.311 e. The van der Waals surface area contributed by atoms with E-state index in [4.69, 9.17) is 8.23 Å². The van der Waals surface area contributed by atoms with Gasteiger partial charge in [-0.05, 0) is 53.4 Å². The van der Waals surface area contributed by atoms with Crippen LogP contribution in [0, 0.1) is 0 Å². The van der Waals surface area contributed by atoms with E-state index in [1.165, 1.54) is 0 Å². The number of hydrogen-bond acceptors (Lipinski definition) is 3. The third-order valence-electron chi connectivity index (χ3n) is 1.73. The summed E-state index contributed by atoms with van der Waals surface area (Å²) in [4.78, 5) is 0. The van der Waals surface area contributed by atoms with Gasteiger partial charge in [0.25, 0.3) is 0 Å². The van der Waals surface area contributed by atoms with Gasteiger partial charge >= 0.3 is 8.56 Å². The average Bonchev–Trinajstić information content (AvgIpc) is 1.78. The first-order chi connectivity index (χ1) is 6.03. The fourth-order valence-electron chi connectivity index (χ4n) is 1.28. The van der Waals surface area contributed by atoms with Crippen LogP contribution >= 0.6 is 0 Å². The second-order valence-corrected chi connectivity index (χ2v) is 16.3. The van der Waals surface area contributed by atoms with Crippen LogP contribution in [0.1, 0.15) is 0 Å². The van der Waals surface area contributed by atoms with E-state index < -0.39 is 26.1 Å². The van der Waals surface area contributed by atoms with Crippen molar-refractivity contribution in [3.8, 4) is 0 Å². The zero-order valence-corrected chi connectivity index (χ0v) is 14.0. The molecule has 0 saturated carbocycles. The fourth-order valence-corrected chi connectivity index (χ4v) is 11.9. The summed E-state index contributed by atoms with van der Waals surface area (Å²) in [5, 5.41) is 0. The molecule has 1 atom stereocenters. The van der Waals surface area contributed by atoms with Gasteiger partial charge in [-0.25, -0.2) is 0 Å². The first-order valence-corrected chi connectivity index (χ1v) is 13.4. The van der Waals surface area contributed by atoms with Gasteiger partial charge in [-0.1, -0.05) is 0 Å². The van der Waals surface area contributed by atoms with E-state index >= 15 is 0 Å². The molecule has 86 valence electrons. The molecule has 1 unspecified atom stereocenters. The van der Waals surface area contributed by atoms with Crippen molar-refractivity contribution in [1.29, 1.82) is 0 Å². The van der Waals surface area contributed by atoms with Crippen LogP contribution in [-0.4, -0.2) is 44.7 Å². The molecule has 0 aromatic rings.